The van der Waals surface area contributed by atoms with Gasteiger partial charge in [-0.15, -0.1) is 0 Å². The minimum absolute atomic E-state index is 0.538. The molecule has 37 heavy (non-hydrogen) atoms. The fraction of sp³-hybridized carbons (Fsp3) is 0.0286. The molecule has 0 atom stereocenters. The third kappa shape index (κ3) is 3.61. The highest BCUT2D eigenvalue weighted by Gasteiger charge is 2.19. The second-order valence-electron chi connectivity index (χ2n) is 9.90. The highest BCUT2D eigenvalue weighted by molar-refractivity contribution is 6.65. The van der Waals surface area contributed by atoms with Crippen LogP contribution in [0.2, 0.25) is 6.82 Å². The van der Waals surface area contributed by atoms with Crippen molar-refractivity contribution in [3.8, 4) is 22.3 Å². The van der Waals surface area contributed by atoms with Crippen molar-refractivity contribution >= 4 is 55.5 Å². The van der Waals surface area contributed by atoms with Crippen molar-refractivity contribution in [2.24, 2.45) is 0 Å². The molecule has 1 N–H and O–H groups in total. The Hall–Kier alpha value is -4.40. The lowest BCUT2D eigenvalue weighted by Gasteiger charge is -2.19. The van der Waals surface area contributed by atoms with Gasteiger partial charge in [-0.1, -0.05) is 122 Å². The minimum Gasteiger partial charge on any atom is -0.447 e. The number of benzene rings is 7. The molecule has 0 amide bonds. The Morgan fingerprint density at radius 3 is 1.43 bits per heavy atom. The third-order valence-corrected chi connectivity index (χ3v) is 7.61. The second kappa shape index (κ2) is 8.62. The summed E-state index contributed by atoms with van der Waals surface area (Å²) in [7, 11) is 0. The molecule has 0 saturated heterocycles. The molecule has 0 radical (unpaired) electrons. The molecule has 0 spiro atoms. The topological polar surface area (TPSA) is 20.2 Å². The van der Waals surface area contributed by atoms with Gasteiger partial charge in [0.25, 0.3) is 0 Å². The fourth-order valence-electron chi connectivity index (χ4n) is 5.77. The van der Waals surface area contributed by atoms with Crippen LogP contribution in [0.4, 0.5) is 0 Å². The molecule has 0 aromatic heterocycles. The molecule has 1 nitrogen and oxygen atoms in total. The van der Waals surface area contributed by atoms with E-state index in [1.54, 1.807) is 0 Å². The maximum Gasteiger partial charge on any atom is 0.320 e. The Morgan fingerprint density at radius 1 is 0.432 bits per heavy atom. The van der Waals surface area contributed by atoms with Crippen molar-refractivity contribution in [3.05, 3.63) is 127 Å². The second-order valence-corrected chi connectivity index (χ2v) is 9.90. The summed E-state index contributed by atoms with van der Waals surface area (Å²) in [5.41, 5.74) is 5.76. The monoisotopic (exact) mass is 472 g/mol. The van der Waals surface area contributed by atoms with E-state index in [0.717, 1.165) is 10.8 Å². The van der Waals surface area contributed by atoms with Gasteiger partial charge in [-0.2, -0.15) is 0 Å². The summed E-state index contributed by atoms with van der Waals surface area (Å²) in [6.07, 6.45) is 0. The van der Waals surface area contributed by atoms with Gasteiger partial charge in [0.05, 0.1) is 0 Å². The SMILES string of the molecule is CB(O)c1ccc2c(-c3ccc4ccccc4c3)c3ccccc3c(-c3ccc4ccccc4c3)c2c1. The molecule has 2 heteroatoms. The highest BCUT2D eigenvalue weighted by Crippen LogP contribution is 2.44. The maximum absolute atomic E-state index is 10.5. The molecule has 0 unspecified atom stereocenters. The number of hydrogen-bond donors (Lipinski definition) is 1. The predicted molar refractivity (Wildman–Crippen MR) is 161 cm³/mol. The van der Waals surface area contributed by atoms with Gasteiger partial charge in [-0.05, 0) is 82.9 Å². The van der Waals surface area contributed by atoms with E-state index in [1.807, 2.05) is 6.82 Å². The molecule has 7 aromatic carbocycles. The van der Waals surface area contributed by atoms with Gasteiger partial charge in [-0.25, -0.2) is 0 Å². The van der Waals surface area contributed by atoms with Crippen molar-refractivity contribution in [2.45, 2.75) is 6.82 Å². The third-order valence-electron chi connectivity index (χ3n) is 7.61. The molecule has 0 fully saturated rings. The summed E-state index contributed by atoms with van der Waals surface area (Å²) in [5, 5.41) is 20.2. The van der Waals surface area contributed by atoms with Gasteiger partial charge >= 0.3 is 6.92 Å². The first kappa shape index (κ1) is 21.9. The Kier molecular flexibility index (Phi) is 5.09. The molecule has 0 aliphatic heterocycles. The summed E-state index contributed by atoms with van der Waals surface area (Å²) < 4.78 is 0. The summed E-state index contributed by atoms with van der Waals surface area (Å²) in [5.74, 6) is 0. The molecule has 7 rings (SSSR count). The van der Waals surface area contributed by atoms with Crippen molar-refractivity contribution in [3.63, 3.8) is 0 Å². The van der Waals surface area contributed by atoms with Crippen LogP contribution in [0.3, 0.4) is 0 Å². The lowest BCUT2D eigenvalue weighted by Crippen LogP contribution is -2.25. The normalized spacial score (nSPS) is 11.5. The summed E-state index contributed by atoms with van der Waals surface area (Å²) in [6.45, 7) is 1.30. The summed E-state index contributed by atoms with van der Waals surface area (Å²) in [4.78, 5) is 0. The van der Waals surface area contributed by atoms with E-state index in [0.29, 0.717) is 0 Å². The van der Waals surface area contributed by atoms with Crippen LogP contribution >= 0.6 is 0 Å². The number of rotatable bonds is 3. The highest BCUT2D eigenvalue weighted by atomic mass is 16.2. The van der Waals surface area contributed by atoms with E-state index >= 15 is 0 Å². The minimum atomic E-state index is -0.538. The molecule has 0 aliphatic rings. The van der Waals surface area contributed by atoms with Gasteiger partial charge < -0.3 is 5.02 Å². The van der Waals surface area contributed by atoms with Gasteiger partial charge in [0.1, 0.15) is 0 Å². The van der Waals surface area contributed by atoms with Crippen LogP contribution < -0.4 is 5.46 Å². The molecule has 0 aliphatic carbocycles. The van der Waals surface area contributed by atoms with E-state index in [1.165, 1.54) is 60.0 Å². The zero-order chi connectivity index (χ0) is 24.9. The lowest BCUT2D eigenvalue weighted by atomic mass is 9.64. The first-order chi connectivity index (χ1) is 18.2. The van der Waals surface area contributed by atoms with Crippen LogP contribution in [-0.4, -0.2) is 11.9 Å². The average Bonchev–Trinajstić information content (AvgIpc) is 2.95. The van der Waals surface area contributed by atoms with Gasteiger partial charge in [0.15, 0.2) is 0 Å². The van der Waals surface area contributed by atoms with E-state index in [2.05, 4.69) is 127 Å². The number of hydrogen-bond acceptors (Lipinski definition) is 1. The Labute approximate surface area is 216 Å². The van der Waals surface area contributed by atoms with Crippen LogP contribution in [0.1, 0.15) is 0 Å². The van der Waals surface area contributed by atoms with Gasteiger partial charge in [0, 0.05) is 0 Å². The summed E-state index contributed by atoms with van der Waals surface area (Å²) >= 11 is 0. The van der Waals surface area contributed by atoms with Crippen molar-refractivity contribution < 1.29 is 5.02 Å². The lowest BCUT2D eigenvalue weighted by molar-refractivity contribution is 0.594. The van der Waals surface area contributed by atoms with Gasteiger partial charge in [0.2, 0.25) is 0 Å². The Balaban J connectivity index is 1.63. The van der Waals surface area contributed by atoms with Crippen LogP contribution in [0.15, 0.2) is 127 Å². The van der Waals surface area contributed by atoms with Crippen molar-refractivity contribution in [1.82, 2.24) is 0 Å². The quantitative estimate of drug-likeness (QED) is 0.202. The smallest absolute Gasteiger partial charge is 0.320 e. The molecular weight excluding hydrogens is 447 g/mol. The van der Waals surface area contributed by atoms with E-state index in [-0.39, 0.29) is 0 Å². The molecule has 174 valence electrons. The van der Waals surface area contributed by atoms with Crippen LogP contribution in [0.5, 0.6) is 0 Å². The first-order valence-electron chi connectivity index (χ1n) is 12.8. The largest absolute Gasteiger partial charge is 0.447 e. The summed E-state index contributed by atoms with van der Waals surface area (Å²) in [6, 6.07) is 45.7. The molecule has 0 heterocycles. The van der Waals surface area contributed by atoms with E-state index in [9.17, 15) is 5.02 Å². The zero-order valence-corrected chi connectivity index (χ0v) is 20.6. The van der Waals surface area contributed by atoms with Crippen molar-refractivity contribution in [2.75, 3.05) is 0 Å². The number of fused-ring (bicyclic) bond motifs is 4. The first-order valence-corrected chi connectivity index (χ1v) is 12.8. The predicted octanol–water partition coefficient (Wildman–Crippen LogP) is 8.45. The molecule has 0 bridgehead atoms. The van der Waals surface area contributed by atoms with Crippen LogP contribution in [0, 0.1) is 0 Å². The van der Waals surface area contributed by atoms with Crippen molar-refractivity contribution in [1.29, 1.82) is 0 Å². The zero-order valence-electron chi connectivity index (χ0n) is 20.6. The average molecular weight is 472 g/mol. The van der Waals surface area contributed by atoms with Crippen LogP contribution in [0.25, 0.3) is 65.3 Å². The van der Waals surface area contributed by atoms with E-state index < -0.39 is 6.92 Å². The fourth-order valence-corrected chi connectivity index (χ4v) is 5.77. The Bertz CT molecular complexity index is 1970. The molecule has 0 saturated carbocycles. The van der Waals surface area contributed by atoms with E-state index in [4.69, 9.17) is 0 Å². The molecule has 7 aromatic rings. The standard InChI is InChI=1S/C35H25BO/c1-36(37)29-18-19-32-33(22-29)35(28-17-15-24-9-3-5-11-26(24)21-28)31-13-7-6-12-30(31)34(32)27-16-14-23-8-2-4-10-25(23)20-27/h2-22,37H,1H3. The molecular formula is C35H25BO. The Morgan fingerprint density at radius 2 is 0.892 bits per heavy atom. The van der Waals surface area contributed by atoms with Crippen LogP contribution in [-0.2, 0) is 0 Å². The maximum atomic E-state index is 10.5. The van der Waals surface area contributed by atoms with Gasteiger partial charge in [-0.3, -0.25) is 0 Å².